The average Bonchev–Trinajstić information content (AvgIpc) is 2.95. The van der Waals surface area contributed by atoms with Gasteiger partial charge in [-0.15, -0.1) is 0 Å². The molecule has 37 heavy (non-hydrogen) atoms. The SMILES string of the molecule is CCCCN(C(=O)c1cccc(OC)c1)C(CC)c1nc2ccccc2c(=O)n1-c1ccc(CC)cc1. The lowest BCUT2D eigenvalue weighted by Crippen LogP contribution is -2.39. The van der Waals surface area contributed by atoms with Crippen LogP contribution >= 0.6 is 0 Å². The minimum Gasteiger partial charge on any atom is -0.497 e. The molecule has 0 bridgehead atoms. The maximum absolute atomic E-state index is 13.9. The summed E-state index contributed by atoms with van der Waals surface area (Å²) in [5.41, 5.74) is 2.99. The standard InChI is InChI=1S/C31H35N3O3/c1-5-8-20-33(30(35)23-12-11-13-25(21-23)37-4)28(7-3)29-32-27-15-10-9-14-26(27)31(36)34(29)24-18-16-22(6-2)17-19-24/h9-19,21,28H,5-8,20H2,1-4H3. The van der Waals surface area contributed by atoms with Gasteiger partial charge in [-0.25, -0.2) is 4.98 Å². The van der Waals surface area contributed by atoms with Crippen molar-refractivity contribution in [2.24, 2.45) is 0 Å². The molecule has 3 aromatic carbocycles. The molecule has 4 rings (SSSR count). The zero-order valence-electron chi connectivity index (χ0n) is 22.1. The molecular formula is C31H35N3O3. The highest BCUT2D eigenvalue weighted by Crippen LogP contribution is 2.29. The second kappa shape index (κ2) is 11.9. The number of benzene rings is 3. The molecule has 1 heterocycles. The summed E-state index contributed by atoms with van der Waals surface area (Å²) in [6.45, 7) is 6.80. The van der Waals surface area contributed by atoms with Crippen molar-refractivity contribution >= 4 is 16.8 Å². The number of unbranched alkanes of at least 4 members (excludes halogenated alkanes) is 1. The molecule has 6 nitrogen and oxygen atoms in total. The summed E-state index contributed by atoms with van der Waals surface area (Å²) < 4.78 is 7.06. The summed E-state index contributed by atoms with van der Waals surface area (Å²) in [6.07, 6.45) is 3.30. The fraction of sp³-hybridized carbons (Fsp3) is 0.323. The van der Waals surface area contributed by atoms with Crippen LogP contribution in [0.15, 0.2) is 77.6 Å². The Hall–Kier alpha value is -3.93. The summed E-state index contributed by atoms with van der Waals surface area (Å²) in [4.78, 5) is 34.7. The van der Waals surface area contributed by atoms with E-state index in [1.54, 1.807) is 23.8 Å². The van der Waals surface area contributed by atoms with Crippen LogP contribution in [-0.2, 0) is 6.42 Å². The Kier molecular flexibility index (Phi) is 8.39. The number of fused-ring (bicyclic) bond motifs is 1. The normalized spacial score (nSPS) is 11.9. The van der Waals surface area contributed by atoms with Gasteiger partial charge >= 0.3 is 0 Å². The van der Waals surface area contributed by atoms with Gasteiger partial charge < -0.3 is 9.64 Å². The van der Waals surface area contributed by atoms with E-state index >= 15 is 0 Å². The Morgan fingerprint density at radius 3 is 2.43 bits per heavy atom. The van der Waals surface area contributed by atoms with Crippen LogP contribution in [0.1, 0.15) is 67.8 Å². The van der Waals surface area contributed by atoms with Crippen LogP contribution in [0, 0.1) is 0 Å². The van der Waals surface area contributed by atoms with Crippen LogP contribution in [0.25, 0.3) is 16.6 Å². The van der Waals surface area contributed by atoms with Crippen molar-refractivity contribution in [3.63, 3.8) is 0 Å². The van der Waals surface area contributed by atoms with Crippen molar-refractivity contribution in [1.29, 1.82) is 0 Å². The first-order chi connectivity index (χ1) is 18.0. The molecule has 192 valence electrons. The van der Waals surface area contributed by atoms with E-state index in [2.05, 4.69) is 13.8 Å². The zero-order valence-corrected chi connectivity index (χ0v) is 22.1. The van der Waals surface area contributed by atoms with Crippen molar-refractivity contribution < 1.29 is 9.53 Å². The number of hydrogen-bond donors (Lipinski definition) is 0. The van der Waals surface area contributed by atoms with Gasteiger partial charge in [-0.1, -0.05) is 57.5 Å². The van der Waals surface area contributed by atoms with Crippen molar-refractivity contribution in [1.82, 2.24) is 14.5 Å². The van der Waals surface area contributed by atoms with Crippen LogP contribution in [0.3, 0.4) is 0 Å². The Morgan fingerprint density at radius 1 is 1.00 bits per heavy atom. The highest BCUT2D eigenvalue weighted by atomic mass is 16.5. The van der Waals surface area contributed by atoms with Crippen LogP contribution in [0.5, 0.6) is 5.75 Å². The predicted octanol–water partition coefficient (Wildman–Crippen LogP) is 6.35. The van der Waals surface area contributed by atoms with E-state index in [0.29, 0.717) is 41.0 Å². The first-order valence-corrected chi connectivity index (χ1v) is 13.1. The monoisotopic (exact) mass is 497 g/mol. The average molecular weight is 498 g/mol. The van der Waals surface area contributed by atoms with Gasteiger partial charge in [0.15, 0.2) is 0 Å². The van der Waals surface area contributed by atoms with Gasteiger partial charge in [-0.2, -0.15) is 0 Å². The van der Waals surface area contributed by atoms with Crippen LogP contribution in [0.4, 0.5) is 0 Å². The van der Waals surface area contributed by atoms with Crippen LogP contribution < -0.4 is 10.3 Å². The smallest absolute Gasteiger partial charge is 0.266 e. The third kappa shape index (κ3) is 5.43. The summed E-state index contributed by atoms with van der Waals surface area (Å²) >= 11 is 0. The number of hydrogen-bond acceptors (Lipinski definition) is 4. The van der Waals surface area contributed by atoms with E-state index in [9.17, 15) is 9.59 Å². The van der Waals surface area contributed by atoms with Crippen molar-refractivity contribution in [2.75, 3.05) is 13.7 Å². The van der Waals surface area contributed by atoms with E-state index in [1.807, 2.05) is 72.5 Å². The van der Waals surface area contributed by atoms with Gasteiger partial charge in [0.2, 0.25) is 0 Å². The number of amides is 1. The molecule has 0 aliphatic heterocycles. The first kappa shape index (κ1) is 26.1. The van der Waals surface area contributed by atoms with Gasteiger partial charge in [0, 0.05) is 12.1 Å². The number of aromatic nitrogens is 2. The number of methoxy groups -OCH3 is 1. The van der Waals surface area contributed by atoms with Gasteiger partial charge in [-0.05, 0) is 67.3 Å². The molecule has 0 N–H and O–H groups in total. The number of para-hydroxylation sites is 1. The third-order valence-corrected chi connectivity index (χ3v) is 6.80. The lowest BCUT2D eigenvalue weighted by Gasteiger charge is -2.32. The number of rotatable bonds is 10. The van der Waals surface area contributed by atoms with E-state index in [4.69, 9.17) is 9.72 Å². The molecule has 0 spiro atoms. The molecule has 1 amide bonds. The number of aryl methyl sites for hydroxylation is 1. The molecule has 0 fully saturated rings. The Labute approximate surface area is 218 Å². The second-order valence-corrected chi connectivity index (χ2v) is 9.16. The van der Waals surface area contributed by atoms with E-state index < -0.39 is 6.04 Å². The van der Waals surface area contributed by atoms with Gasteiger partial charge in [0.25, 0.3) is 11.5 Å². The summed E-state index contributed by atoms with van der Waals surface area (Å²) in [6, 6.07) is 22.2. The van der Waals surface area contributed by atoms with Crippen LogP contribution in [-0.4, -0.2) is 34.0 Å². The summed E-state index contributed by atoms with van der Waals surface area (Å²) in [5, 5.41) is 0.555. The van der Waals surface area contributed by atoms with Crippen molar-refractivity contribution in [3.8, 4) is 11.4 Å². The molecule has 4 aromatic rings. The van der Waals surface area contributed by atoms with Crippen molar-refractivity contribution in [3.05, 3.63) is 100 Å². The number of carbonyl (C=O) groups excluding carboxylic acids is 1. The summed E-state index contributed by atoms with van der Waals surface area (Å²) in [5.74, 6) is 1.10. The van der Waals surface area contributed by atoms with Crippen LogP contribution in [0.2, 0.25) is 0 Å². The quantitative estimate of drug-likeness (QED) is 0.256. The Balaban J connectivity index is 1.92. The maximum Gasteiger partial charge on any atom is 0.266 e. The number of nitrogens with zero attached hydrogens (tertiary/aromatic N) is 3. The lowest BCUT2D eigenvalue weighted by atomic mass is 10.1. The fourth-order valence-electron chi connectivity index (χ4n) is 4.70. The Bertz CT molecular complexity index is 1430. The van der Waals surface area contributed by atoms with E-state index in [1.165, 1.54) is 5.56 Å². The number of ether oxygens (including phenoxy) is 1. The van der Waals surface area contributed by atoms with Gasteiger partial charge in [-0.3, -0.25) is 14.2 Å². The molecule has 0 saturated carbocycles. The third-order valence-electron chi connectivity index (χ3n) is 6.80. The molecule has 6 heteroatoms. The molecule has 1 atom stereocenters. The predicted molar refractivity (Wildman–Crippen MR) is 149 cm³/mol. The lowest BCUT2D eigenvalue weighted by molar-refractivity contribution is 0.0655. The number of carbonyl (C=O) groups is 1. The second-order valence-electron chi connectivity index (χ2n) is 9.16. The summed E-state index contributed by atoms with van der Waals surface area (Å²) in [7, 11) is 1.59. The fourth-order valence-corrected chi connectivity index (χ4v) is 4.70. The molecular weight excluding hydrogens is 462 g/mol. The first-order valence-electron chi connectivity index (χ1n) is 13.1. The molecule has 1 unspecified atom stereocenters. The molecule has 1 aromatic heterocycles. The molecule has 0 radical (unpaired) electrons. The van der Waals surface area contributed by atoms with E-state index in [0.717, 1.165) is 24.9 Å². The van der Waals surface area contributed by atoms with Gasteiger partial charge in [0.1, 0.15) is 11.6 Å². The molecule has 0 aliphatic carbocycles. The molecule has 0 saturated heterocycles. The molecule has 0 aliphatic rings. The minimum absolute atomic E-state index is 0.102. The van der Waals surface area contributed by atoms with Crippen molar-refractivity contribution in [2.45, 2.75) is 52.5 Å². The highest BCUT2D eigenvalue weighted by Gasteiger charge is 2.29. The minimum atomic E-state index is -0.395. The van der Waals surface area contributed by atoms with Gasteiger partial charge in [0.05, 0.1) is 29.7 Å². The largest absolute Gasteiger partial charge is 0.497 e. The highest BCUT2D eigenvalue weighted by molar-refractivity contribution is 5.95. The zero-order chi connectivity index (χ0) is 26.4. The van der Waals surface area contributed by atoms with E-state index in [-0.39, 0.29) is 11.5 Å². The maximum atomic E-state index is 13.9. The topological polar surface area (TPSA) is 64.4 Å². The Morgan fingerprint density at radius 2 is 1.76 bits per heavy atom.